The number of aliphatic hydroxyl groups is 1. The van der Waals surface area contributed by atoms with Crippen LogP contribution in [0.3, 0.4) is 0 Å². The summed E-state index contributed by atoms with van der Waals surface area (Å²) >= 11 is 0. The first-order valence-corrected chi connectivity index (χ1v) is 14.8. The maximum atomic E-state index is 11.2. The smallest absolute Gasteiger partial charge is 0.132 e. The molecule has 2 heteroatoms. The van der Waals surface area contributed by atoms with E-state index in [0.717, 1.165) is 61.2 Å². The molecule has 0 aromatic carbocycles. The highest BCUT2D eigenvalue weighted by Crippen LogP contribution is 2.41. The zero-order valence-electron chi connectivity index (χ0n) is 21.5. The molecule has 0 radical (unpaired) electrons. The molecule has 4 aliphatic rings. The fourth-order valence-electron chi connectivity index (χ4n) is 7.72. The van der Waals surface area contributed by atoms with Gasteiger partial charge in [0, 0.05) is 12.8 Å². The molecule has 0 amide bonds. The number of ketones is 1. The average molecular weight is 447 g/mol. The highest BCUT2D eigenvalue weighted by atomic mass is 16.3. The quantitative estimate of drug-likeness (QED) is 0.444. The van der Waals surface area contributed by atoms with Crippen molar-refractivity contribution in [3.05, 3.63) is 0 Å². The summed E-state index contributed by atoms with van der Waals surface area (Å²) in [5.41, 5.74) is 0. The van der Waals surface area contributed by atoms with Gasteiger partial charge in [-0.15, -0.1) is 0 Å². The van der Waals surface area contributed by atoms with Gasteiger partial charge in [-0.1, -0.05) is 65.2 Å². The molecule has 0 aromatic rings. The Labute approximate surface area is 199 Å². The Bertz CT molecular complexity index is 495. The molecule has 0 aromatic heterocycles. The van der Waals surface area contributed by atoms with E-state index in [1.165, 1.54) is 103 Å². The molecule has 0 heterocycles. The van der Waals surface area contributed by atoms with Crippen LogP contribution >= 0.6 is 0 Å². The minimum Gasteiger partial charge on any atom is -0.393 e. The summed E-state index contributed by atoms with van der Waals surface area (Å²) < 4.78 is 0. The van der Waals surface area contributed by atoms with Gasteiger partial charge in [0.1, 0.15) is 5.78 Å². The maximum absolute atomic E-state index is 11.2. The molecule has 0 unspecified atom stereocenters. The highest BCUT2D eigenvalue weighted by Gasteiger charge is 2.31. The minimum absolute atomic E-state index is 0.0210. The van der Waals surface area contributed by atoms with Gasteiger partial charge in [0.15, 0.2) is 0 Å². The second-order valence-electron chi connectivity index (χ2n) is 12.1. The molecule has 0 bridgehead atoms. The summed E-state index contributed by atoms with van der Waals surface area (Å²) in [7, 11) is 0. The summed E-state index contributed by atoms with van der Waals surface area (Å²) in [4.78, 5) is 11.2. The predicted octanol–water partition coefficient (Wildman–Crippen LogP) is 8.50. The van der Waals surface area contributed by atoms with Crippen molar-refractivity contribution in [1.29, 1.82) is 0 Å². The summed E-state index contributed by atoms with van der Waals surface area (Å²) in [5, 5.41) is 9.54. The zero-order chi connectivity index (χ0) is 22.8. The summed E-state index contributed by atoms with van der Waals surface area (Å²) in [5.74, 6) is 6.37. The van der Waals surface area contributed by atoms with Crippen LogP contribution < -0.4 is 0 Å². The van der Waals surface area contributed by atoms with E-state index in [9.17, 15) is 9.90 Å². The molecule has 4 aliphatic carbocycles. The van der Waals surface area contributed by atoms with Crippen molar-refractivity contribution in [3.63, 3.8) is 0 Å². The van der Waals surface area contributed by atoms with E-state index >= 15 is 0 Å². The van der Waals surface area contributed by atoms with E-state index in [0.29, 0.717) is 5.78 Å². The number of carbonyl (C=O) groups excluding carboxylic acids is 1. The maximum Gasteiger partial charge on any atom is 0.132 e. The Morgan fingerprint density at radius 3 is 1.28 bits per heavy atom. The number of hydrogen-bond acceptors (Lipinski definition) is 2. The molecule has 0 atom stereocenters. The largest absolute Gasteiger partial charge is 0.393 e. The van der Waals surface area contributed by atoms with Crippen LogP contribution in [0.15, 0.2) is 0 Å². The van der Waals surface area contributed by atoms with Gasteiger partial charge in [0.2, 0.25) is 0 Å². The topological polar surface area (TPSA) is 37.3 Å². The van der Waals surface area contributed by atoms with E-state index in [-0.39, 0.29) is 6.10 Å². The third-order valence-electron chi connectivity index (χ3n) is 9.84. The SMILES string of the molecule is CCCC1CCC(C2CCC(=O)CC2)CC1.CCCC1CCC(C2CCC(O)CC2)CC1. The van der Waals surface area contributed by atoms with Crippen molar-refractivity contribution in [3.8, 4) is 0 Å². The Balaban J connectivity index is 0.000000181. The first-order valence-electron chi connectivity index (χ1n) is 14.8. The lowest BCUT2D eigenvalue weighted by molar-refractivity contribution is -0.121. The molecule has 186 valence electrons. The predicted molar refractivity (Wildman–Crippen MR) is 136 cm³/mol. The van der Waals surface area contributed by atoms with Crippen molar-refractivity contribution >= 4 is 5.78 Å². The number of carbonyl (C=O) groups is 1. The molecule has 0 aliphatic heterocycles. The molecule has 1 N–H and O–H groups in total. The van der Waals surface area contributed by atoms with Crippen LogP contribution in [0.25, 0.3) is 0 Å². The Morgan fingerprint density at radius 2 is 0.906 bits per heavy atom. The number of hydrogen-bond donors (Lipinski definition) is 1. The van der Waals surface area contributed by atoms with Crippen molar-refractivity contribution in [1.82, 2.24) is 0 Å². The summed E-state index contributed by atoms with van der Waals surface area (Å²) in [6, 6.07) is 0. The first kappa shape index (κ1) is 26.2. The average Bonchev–Trinajstić information content (AvgIpc) is 2.82. The molecule has 0 spiro atoms. The van der Waals surface area contributed by atoms with Gasteiger partial charge in [0.25, 0.3) is 0 Å². The van der Waals surface area contributed by atoms with E-state index in [2.05, 4.69) is 13.8 Å². The van der Waals surface area contributed by atoms with E-state index in [1.807, 2.05) is 0 Å². The van der Waals surface area contributed by atoms with Crippen LogP contribution in [-0.2, 0) is 4.79 Å². The van der Waals surface area contributed by atoms with Crippen LogP contribution in [0, 0.1) is 35.5 Å². The third-order valence-corrected chi connectivity index (χ3v) is 9.84. The van der Waals surface area contributed by atoms with Gasteiger partial charge >= 0.3 is 0 Å². The number of Topliss-reactive ketones (excluding diaryl/α,β-unsaturated/α-hetero) is 1. The molecule has 4 rings (SSSR count). The lowest BCUT2D eigenvalue weighted by atomic mass is 9.70. The highest BCUT2D eigenvalue weighted by molar-refractivity contribution is 5.79. The number of aliphatic hydroxyl groups excluding tert-OH is 1. The monoisotopic (exact) mass is 446 g/mol. The lowest BCUT2D eigenvalue weighted by Crippen LogP contribution is -2.27. The van der Waals surface area contributed by atoms with Crippen LogP contribution in [-0.4, -0.2) is 17.0 Å². The van der Waals surface area contributed by atoms with Crippen molar-refractivity contribution < 1.29 is 9.90 Å². The second kappa shape index (κ2) is 14.1. The molecule has 0 saturated heterocycles. The normalized spacial score (nSPS) is 36.9. The van der Waals surface area contributed by atoms with Crippen LogP contribution in [0.5, 0.6) is 0 Å². The fraction of sp³-hybridized carbons (Fsp3) is 0.967. The molecule has 4 fully saturated rings. The zero-order valence-corrected chi connectivity index (χ0v) is 21.5. The van der Waals surface area contributed by atoms with Gasteiger partial charge in [-0.2, -0.15) is 0 Å². The molecule has 2 nitrogen and oxygen atoms in total. The summed E-state index contributed by atoms with van der Waals surface area (Å²) in [6.45, 7) is 4.62. The minimum atomic E-state index is 0.0210. The van der Waals surface area contributed by atoms with Crippen LogP contribution in [0.4, 0.5) is 0 Å². The fourth-order valence-corrected chi connectivity index (χ4v) is 7.72. The molecular formula is C30H54O2. The van der Waals surface area contributed by atoms with Crippen molar-refractivity contribution in [2.75, 3.05) is 0 Å². The van der Waals surface area contributed by atoms with Crippen molar-refractivity contribution in [2.45, 2.75) is 148 Å². The third kappa shape index (κ3) is 8.44. The molecule has 32 heavy (non-hydrogen) atoms. The van der Waals surface area contributed by atoms with Gasteiger partial charge in [-0.25, -0.2) is 0 Å². The Hall–Kier alpha value is -0.370. The summed E-state index contributed by atoms with van der Waals surface area (Å²) in [6.07, 6.45) is 26.2. The second-order valence-corrected chi connectivity index (χ2v) is 12.1. The van der Waals surface area contributed by atoms with E-state index in [4.69, 9.17) is 0 Å². The van der Waals surface area contributed by atoms with Crippen LogP contribution in [0.1, 0.15) is 142 Å². The van der Waals surface area contributed by atoms with Gasteiger partial charge in [0.05, 0.1) is 6.10 Å². The lowest BCUT2D eigenvalue weighted by Gasteiger charge is -2.36. The van der Waals surface area contributed by atoms with E-state index in [1.54, 1.807) is 0 Å². The Kier molecular flexibility index (Phi) is 11.6. The van der Waals surface area contributed by atoms with Gasteiger partial charge < -0.3 is 5.11 Å². The Morgan fingerprint density at radius 1 is 0.562 bits per heavy atom. The standard InChI is InChI=1S/C15H28O.C15H26O/c2*1-2-3-12-4-6-13(7-5-12)14-8-10-15(16)11-9-14/h12-16H,2-11H2,1H3;12-14H,2-11H2,1H3. The van der Waals surface area contributed by atoms with Gasteiger partial charge in [-0.05, 0) is 99.7 Å². The number of rotatable bonds is 6. The molecule has 4 saturated carbocycles. The first-order chi connectivity index (χ1) is 15.6. The van der Waals surface area contributed by atoms with E-state index < -0.39 is 0 Å². The van der Waals surface area contributed by atoms with Gasteiger partial charge in [-0.3, -0.25) is 4.79 Å². The van der Waals surface area contributed by atoms with Crippen molar-refractivity contribution in [2.24, 2.45) is 35.5 Å². The molecular weight excluding hydrogens is 392 g/mol. The van der Waals surface area contributed by atoms with Crippen LogP contribution in [0.2, 0.25) is 0 Å².